The molecule has 2 aliphatic heterocycles. The number of nitrogens with zero attached hydrogens (tertiary/aromatic N) is 6. The van der Waals surface area contributed by atoms with Gasteiger partial charge >= 0.3 is 6.01 Å². The Morgan fingerprint density at radius 2 is 1.94 bits per heavy atom. The highest BCUT2D eigenvalue weighted by molar-refractivity contribution is 6.02. The number of hydrogen-bond acceptors (Lipinski definition) is 5. The maximum Gasteiger partial charge on any atom is 0.302 e. The van der Waals surface area contributed by atoms with Gasteiger partial charge in [0.15, 0.2) is 11.3 Å². The van der Waals surface area contributed by atoms with Crippen LogP contribution in [0.15, 0.2) is 54.9 Å². The number of likely N-dealkylation sites (N-methyl/N-ethyl adjacent to an activating group) is 1. The van der Waals surface area contributed by atoms with E-state index in [0.717, 1.165) is 58.8 Å². The lowest BCUT2D eigenvalue weighted by atomic mass is 9.97. The Hall–Kier alpha value is -4.22. The van der Waals surface area contributed by atoms with E-state index in [1.165, 1.54) is 0 Å². The van der Waals surface area contributed by atoms with Crippen LogP contribution in [0.4, 0.5) is 11.4 Å². The summed E-state index contributed by atoms with van der Waals surface area (Å²) in [5.74, 6) is 0.546. The smallest absolute Gasteiger partial charge is 0.302 e. The zero-order chi connectivity index (χ0) is 24.8. The molecule has 8 heteroatoms. The molecule has 4 heterocycles. The average molecular weight is 479 g/mol. The van der Waals surface area contributed by atoms with E-state index in [1.807, 2.05) is 34.9 Å². The van der Waals surface area contributed by atoms with Crippen LogP contribution in [0.5, 0.6) is 6.01 Å². The molecule has 1 atom stereocenters. The zero-order valence-electron chi connectivity index (χ0n) is 20.3. The fourth-order valence-electron chi connectivity index (χ4n) is 5.20. The van der Waals surface area contributed by atoms with Crippen LogP contribution in [-0.2, 0) is 11.2 Å². The van der Waals surface area contributed by atoms with Crippen molar-refractivity contribution in [2.24, 2.45) is 5.92 Å². The van der Waals surface area contributed by atoms with Gasteiger partial charge in [-0.25, -0.2) is 9.83 Å². The molecule has 0 N–H and O–H groups in total. The third kappa shape index (κ3) is 3.78. The molecule has 6 rings (SSSR count). The quantitative estimate of drug-likeness (QED) is 0.396. The van der Waals surface area contributed by atoms with Crippen molar-refractivity contribution in [1.29, 1.82) is 0 Å². The highest BCUT2D eigenvalue weighted by atomic mass is 16.5. The SMILES string of the molecule is [C-]#[N+]c1ccc(-c2nc(OC[C@@H]3CCN(C)C3)n3ccnc3c2-c2ccc3c(c2)CC(=O)N3C)cc1. The summed E-state index contributed by atoms with van der Waals surface area (Å²) in [5.41, 5.74) is 6.66. The van der Waals surface area contributed by atoms with Crippen molar-refractivity contribution >= 4 is 22.9 Å². The lowest BCUT2D eigenvalue weighted by molar-refractivity contribution is -0.117. The number of aromatic nitrogens is 3. The molecule has 2 aromatic carbocycles. The monoisotopic (exact) mass is 478 g/mol. The van der Waals surface area contributed by atoms with E-state index in [4.69, 9.17) is 21.3 Å². The molecule has 1 fully saturated rings. The van der Waals surface area contributed by atoms with Crippen LogP contribution >= 0.6 is 0 Å². The molecule has 2 aromatic heterocycles. The fourth-order valence-corrected chi connectivity index (χ4v) is 5.20. The third-order valence-electron chi connectivity index (χ3n) is 7.17. The van der Waals surface area contributed by atoms with E-state index in [1.54, 1.807) is 30.3 Å². The van der Waals surface area contributed by atoms with Gasteiger partial charge in [-0.05, 0) is 48.8 Å². The van der Waals surface area contributed by atoms with Crippen LogP contribution in [0.25, 0.3) is 32.9 Å². The van der Waals surface area contributed by atoms with Gasteiger partial charge in [0.1, 0.15) is 0 Å². The first-order valence-corrected chi connectivity index (χ1v) is 12.1. The van der Waals surface area contributed by atoms with Gasteiger partial charge in [0, 0.05) is 37.6 Å². The second-order valence-electron chi connectivity index (χ2n) is 9.60. The summed E-state index contributed by atoms with van der Waals surface area (Å²) in [6, 6.07) is 14.0. The number of ether oxygens (including phenoxy) is 1. The molecule has 0 aliphatic carbocycles. The molecule has 0 unspecified atom stereocenters. The van der Waals surface area contributed by atoms with Gasteiger partial charge in [-0.3, -0.25) is 9.20 Å². The maximum atomic E-state index is 12.3. The number of carbonyl (C=O) groups excluding carboxylic acids is 1. The summed E-state index contributed by atoms with van der Waals surface area (Å²) in [7, 11) is 3.94. The van der Waals surface area contributed by atoms with Crippen molar-refractivity contribution in [2.45, 2.75) is 12.8 Å². The highest BCUT2D eigenvalue weighted by Gasteiger charge is 2.27. The van der Waals surface area contributed by atoms with E-state index < -0.39 is 0 Å². The average Bonchev–Trinajstić information content (AvgIpc) is 3.61. The number of carbonyl (C=O) groups is 1. The summed E-state index contributed by atoms with van der Waals surface area (Å²) in [4.78, 5) is 29.6. The van der Waals surface area contributed by atoms with Crippen LogP contribution in [0.2, 0.25) is 0 Å². The Kier molecular flexibility index (Phi) is 5.42. The van der Waals surface area contributed by atoms with Crippen molar-refractivity contribution in [1.82, 2.24) is 19.3 Å². The molecule has 4 aromatic rings. The molecule has 0 spiro atoms. The van der Waals surface area contributed by atoms with Crippen molar-refractivity contribution in [2.75, 3.05) is 38.7 Å². The minimum Gasteiger partial charge on any atom is -0.464 e. The van der Waals surface area contributed by atoms with Gasteiger partial charge in [-0.15, -0.1) is 0 Å². The summed E-state index contributed by atoms with van der Waals surface area (Å²) < 4.78 is 8.19. The van der Waals surface area contributed by atoms with Crippen molar-refractivity contribution in [3.05, 3.63) is 71.8 Å². The molecule has 180 valence electrons. The van der Waals surface area contributed by atoms with Crippen LogP contribution in [0.3, 0.4) is 0 Å². The van der Waals surface area contributed by atoms with E-state index >= 15 is 0 Å². The molecule has 1 saturated heterocycles. The minimum absolute atomic E-state index is 0.0856. The first-order valence-electron chi connectivity index (χ1n) is 12.1. The maximum absolute atomic E-state index is 12.3. The lowest BCUT2D eigenvalue weighted by Crippen LogP contribution is -2.20. The predicted molar refractivity (Wildman–Crippen MR) is 138 cm³/mol. The molecule has 0 radical (unpaired) electrons. The number of amides is 1. The normalized spacial score (nSPS) is 17.5. The van der Waals surface area contributed by atoms with Gasteiger partial charge in [-0.2, -0.15) is 4.98 Å². The minimum atomic E-state index is 0.0856. The number of fused-ring (bicyclic) bond motifs is 2. The molecule has 0 saturated carbocycles. The van der Waals surface area contributed by atoms with E-state index in [0.29, 0.717) is 30.6 Å². The van der Waals surface area contributed by atoms with Gasteiger partial charge in [0.05, 0.1) is 30.9 Å². The van der Waals surface area contributed by atoms with Gasteiger partial charge < -0.3 is 14.5 Å². The van der Waals surface area contributed by atoms with Crippen LogP contribution in [0.1, 0.15) is 12.0 Å². The molecule has 2 aliphatic rings. The number of hydrogen-bond donors (Lipinski definition) is 0. The summed E-state index contributed by atoms with van der Waals surface area (Å²) >= 11 is 0. The molecular weight excluding hydrogens is 452 g/mol. The Morgan fingerprint density at radius 3 is 2.69 bits per heavy atom. The topological polar surface area (TPSA) is 67.3 Å². The van der Waals surface area contributed by atoms with Gasteiger partial charge in [0.2, 0.25) is 5.91 Å². The van der Waals surface area contributed by atoms with Gasteiger partial charge in [0.25, 0.3) is 0 Å². The molecular formula is C28H26N6O2. The predicted octanol–water partition coefficient (Wildman–Crippen LogP) is 4.46. The third-order valence-corrected chi connectivity index (χ3v) is 7.17. The van der Waals surface area contributed by atoms with Crippen LogP contribution < -0.4 is 9.64 Å². The van der Waals surface area contributed by atoms with Crippen molar-refractivity contribution in [3.8, 4) is 28.4 Å². The van der Waals surface area contributed by atoms with E-state index in [9.17, 15) is 4.79 Å². The summed E-state index contributed by atoms with van der Waals surface area (Å²) in [6.45, 7) is 9.99. The number of benzene rings is 2. The first kappa shape index (κ1) is 22.3. The Morgan fingerprint density at radius 1 is 1.14 bits per heavy atom. The zero-order valence-corrected chi connectivity index (χ0v) is 20.3. The van der Waals surface area contributed by atoms with Crippen LogP contribution in [-0.4, -0.2) is 59.0 Å². The van der Waals surface area contributed by atoms with Crippen molar-refractivity contribution < 1.29 is 9.53 Å². The highest BCUT2D eigenvalue weighted by Crippen LogP contribution is 2.39. The van der Waals surface area contributed by atoms with E-state index in [-0.39, 0.29) is 5.91 Å². The standard InChI is InChI=1S/C28H26N6O2/c1-29-22-7-4-19(5-8-22)26-25(20-6-9-23-21(14-20)15-24(35)33(23)3)27-30-11-13-34(27)28(31-26)36-17-18-10-12-32(2)16-18/h4-9,11,13-14,18H,10,12,15-17H2,2-3H3/t18-/m1/s1. The molecule has 1 amide bonds. The molecule has 0 bridgehead atoms. The second kappa shape index (κ2) is 8.77. The van der Waals surface area contributed by atoms with Crippen molar-refractivity contribution in [3.63, 3.8) is 0 Å². The number of rotatable bonds is 5. The molecule has 36 heavy (non-hydrogen) atoms. The number of anilines is 1. The number of likely N-dealkylation sites (tertiary alicyclic amines) is 1. The first-order chi connectivity index (χ1) is 17.5. The molecule has 8 nitrogen and oxygen atoms in total. The lowest BCUT2D eigenvalue weighted by Gasteiger charge is -2.17. The Labute approximate surface area is 209 Å². The van der Waals surface area contributed by atoms with Crippen LogP contribution in [0, 0.1) is 12.5 Å². The largest absolute Gasteiger partial charge is 0.464 e. The fraction of sp³-hybridized carbons (Fsp3) is 0.286. The summed E-state index contributed by atoms with van der Waals surface area (Å²) in [5, 5.41) is 0. The van der Waals surface area contributed by atoms with Gasteiger partial charge in [-0.1, -0.05) is 30.3 Å². The second-order valence-corrected chi connectivity index (χ2v) is 9.60. The Balaban J connectivity index is 1.49. The summed E-state index contributed by atoms with van der Waals surface area (Å²) in [6.07, 6.45) is 5.12. The van der Waals surface area contributed by atoms with E-state index in [2.05, 4.69) is 22.9 Å². The number of imidazole rings is 1. The Bertz CT molecular complexity index is 1520.